The van der Waals surface area contributed by atoms with Gasteiger partial charge in [0, 0.05) is 6.20 Å². The zero-order chi connectivity index (χ0) is 17.6. The molecule has 0 saturated carbocycles. The molecule has 2 heterocycles. The van der Waals surface area contributed by atoms with E-state index in [0.717, 1.165) is 42.2 Å². The first kappa shape index (κ1) is 17.5. The Morgan fingerprint density at radius 1 is 1.20 bits per heavy atom. The van der Waals surface area contributed by atoms with Crippen molar-refractivity contribution in [2.75, 3.05) is 13.2 Å². The van der Waals surface area contributed by atoms with Crippen LogP contribution >= 0.6 is 0 Å². The van der Waals surface area contributed by atoms with Crippen LogP contribution in [0.5, 0.6) is 5.75 Å². The number of aliphatic hydroxyl groups is 1. The molecule has 2 N–H and O–H groups in total. The zero-order valence-electron chi connectivity index (χ0n) is 14.8. The van der Waals surface area contributed by atoms with Gasteiger partial charge in [-0.15, -0.1) is 0 Å². The van der Waals surface area contributed by atoms with Gasteiger partial charge in [0.15, 0.2) is 11.4 Å². The minimum atomic E-state index is -0.761. The second kappa shape index (κ2) is 8.14. The lowest BCUT2D eigenvalue weighted by atomic mass is 10.1. The Morgan fingerprint density at radius 3 is 2.76 bits per heavy atom. The van der Waals surface area contributed by atoms with Crippen LogP contribution in [-0.4, -0.2) is 27.6 Å². The molecule has 132 valence electrons. The Bertz CT molecular complexity index is 814. The van der Waals surface area contributed by atoms with Gasteiger partial charge >= 0.3 is 0 Å². The van der Waals surface area contributed by atoms with Crippen LogP contribution in [0.1, 0.15) is 36.5 Å². The number of rotatable bonds is 8. The number of fused-ring (bicyclic) bond motifs is 1. The van der Waals surface area contributed by atoms with Crippen molar-refractivity contribution in [2.24, 2.45) is 0 Å². The Morgan fingerprint density at radius 2 is 2.00 bits per heavy atom. The van der Waals surface area contributed by atoms with E-state index in [1.54, 1.807) is 0 Å². The van der Waals surface area contributed by atoms with E-state index < -0.39 is 6.23 Å². The molecule has 0 saturated heterocycles. The molecule has 0 aliphatic rings. The Labute approximate surface area is 148 Å². The Kier molecular flexibility index (Phi) is 5.68. The predicted octanol–water partition coefficient (Wildman–Crippen LogP) is 3.25. The summed E-state index contributed by atoms with van der Waals surface area (Å²) in [5, 5.41) is 13.8. The van der Waals surface area contributed by atoms with Crippen LogP contribution in [0.25, 0.3) is 5.65 Å². The highest BCUT2D eigenvalue weighted by Gasteiger charge is 2.18. The topological polar surface area (TPSA) is 58.8 Å². The molecule has 0 spiro atoms. The largest absolute Gasteiger partial charge is 0.490 e. The maximum atomic E-state index is 10.6. The minimum absolute atomic E-state index is 0.585. The molecule has 0 amide bonds. The third kappa shape index (κ3) is 4.00. The van der Waals surface area contributed by atoms with Crippen LogP contribution < -0.4 is 10.1 Å². The van der Waals surface area contributed by atoms with Crippen LogP contribution in [0.2, 0.25) is 0 Å². The van der Waals surface area contributed by atoms with Crippen molar-refractivity contribution >= 4 is 5.65 Å². The average molecular weight is 339 g/mol. The van der Waals surface area contributed by atoms with E-state index in [4.69, 9.17) is 4.74 Å². The summed E-state index contributed by atoms with van der Waals surface area (Å²) in [4.78, 5) is 4.57. The molecular weight excluding hydrogens is 314 g/mol. The predicted molar refractivity (Wildman–Crippen MR) is 98.8 cm³/mol. The van der Waals surface area contributed by atoms with E-state index in [0.29, 0.717) is 6.61 Å². The first-order valence-corrected chi connectivity index (χ1v) is 8.76. The molecule has 5 heteroatoms. The van der Waals surface area contributed by atoms with Gasteiger partial charge < -0.3 is 9.84 Å². The third-order valence-corrected chi connectivity index (χ3v) is 4.22. The number of ether oxygens (including phenoxy) is 1. The van der Waals surface area contributed by atoms with Crippen LogP contribution in [-0.2, 0) is 6.42 Å². The van der Waals surface area contributed by atoms with Crippen molar-refractivity contribution in [1.29, 1.82) is 0 Å². The van der Waals surface area contributed by atoms with Crippen molar-refractivity contribution in [3.8, 4) is 5.75 Å². The van der Waals surface area contributed by atoms with Crippen molar-refractivity contribution < 1.29 is 9.84 Å². The van der Waals surface area contributed by atoms with Crippen molar-refractivity contribution in [3.63, 3.8) is 0 Å². The number of nitrogens with zero attached hydrogens (tertiary/aromatic N) is 2. The summed E-state index contributed by atoms with van der Waals surface area (Å²) < 4.78 is 7.53. The fourth-order valence-electron chi connectivity index (χ4n) is 3.04. The molecule has 0 bridgehead atoms. The highest BCUT2D eigenvalue weighted by Crippen LogP contribution is 2.24. The number of hydrogen-bond acceptors (Lipinski definition) is 4. The summed E-state index contributed by atoms with van der Waals surface area (Å²) in [7, 11) is 0. The molecule has 1 atom stereocenters. The molecule has 5 nitrogen and oxygen atoms in total. The van der Waals surface area contributed by atoms with Gasteiger partial charge in [-0.2, -0.15) is 0 Å². The fourth-order valence-corrected chi connectivity index (χ4v) is 3.04. The molecule has 3 rings (SSSR count). The van der Waals surface area contributed by atoms with Gasteiger partial charge in [0.2, 0.25) is 0 Å². The van der Waals surface area contributed by atoms with E-state index in [1.165, 1.54) is 5.56 Å². The maximum Gasteiger partial charge on any atom is 0.180 e. The van der Waals surface area contributed by atoms with Gasteiger partial charge in [-0.1, -0.05) is 30.3 Å². The molecule has 25 heavy (non-hydrogen) atoms. The van der Waals surface area contributed by atoms with Gasteiger partial charge in [-0.25, -0.2) is 4.98 Å². The van der Waals surface area contributed by atoms with Crippen LogP contribution in [0.4, 0.5) is 0 Å². The standard InChI is InChI=1S/C20H25N3O2/c1-3-25-17-12-8-14-23-18(15(2)22-19(17)23)20(24)21-13-7-11-16-9-5-4-6-10-16/h4-6,8-10,12,14,20-21,24H,3,7,11,13H2,1-2H3. The number of aliphatic hydroxyl groups excluding tert-OH is 1. The fraction of sp³-hybridized carbons (Fsp3) is 0.350. The number of pyridine rings is 1. The second-order valence-electron chi connectivity index (χ2n) is 6.03. The van der Waals surface area contributed by atoms with Crippen LogP contribution in [0.15, 0.2) is 48.7 Å². The lowest BCUT2D eigenvalue weighted by molar-refractivity contribution is 0.133. The number of imidazole rings is 1. The lowest BCUT2D eigenvalue weighted by Gasteiger charge is -2.14. The quantitative estimate of drug-likeness (QED) is 0.488. The average Bonchev–Trinajstić information content (AvgIpc) is 2.97. The van der Waals surface area contributed by atoms with Gasteiger partial charge in [-0.3, -0.25) is 9.72 Å². The van der Waals surface area contributed by atoms with E-state index in [9.17, 15) is 5.11 Å². The number of benzene rings is 1. The number of hydrogen-bond donors (Lipinski definition) is 2. The molecule has 0 radical (unpaired) electrons. The molecule has 0 aliphatic carbocycles. The summed E-state index contributed by atoms with van der Waals surface area (Å²) in [6, 6.07) is 14.2. The van der Waals surface area contributed by atoms with E-state index in [2.05, 4.69) is 34.6 Å². The summed E-state index contributed by atoms with van der Waals surface area (Å²) in [5.74, 6) is 0.732. The number of nitrogens with one attached hydrogen (secondary N) is 1. The van der Waals surface area contributed by atoms with Crippen molar-refractivity contribution in [1.82, 2.24) is 14.7 Å². The first-order valence-electron chi connectivity index (χ1n) is 8.76. The zero-order valence-corrected chi connectivity index (χ0v) is 14.8. The van der Waals surface area contributed by atoms with Crippen molar-refractivity contribution in [3.05, 3.63) is 65.6 Å². The van der Waals surface area contributed by atoms with E-state index in [1.807, 2.05) is 42.6 Å². The molecule has 1 aromatic carbocycles. The van der Waals surface area contributed by atoms with Gasteiger partial charge in [0.05, 0.1) is 18.0 Å². The molecule has 2 aromatic heterocycles. The molecule has 0 aliphatic heterocycles. The highest BCUT2D eigenvalue weighted by molar-refractivity contribution is 5.56. The minimum Gasteiger partial charge on any atom is -0.490 e. The molecular formula is C20H25N3O2. The summed E-state index contributed by atoms with van der Waals surface area (Å²) in [6.07, 6.45) is 3.09. The van der Waals surface area contributed by atoms with Gasteiger partial charge in [0.1, 0.15) is 6.23 Å². The maximum absolute atomic E-state index is 10.6. The SMILES string of the molecule is CCOc1cccn2c(C(O)NCCCc3ccccc3)c(C)nc12. The second-order valence-corrected chi connectivity index (χ2v) is 6.03. The molecule has 0 fully saturated rings. The smallest absolute Gasteiger partial charge is 0.180 e. The van der Waals surface area contributed by atoms with Crippen LogP contribution in [0.3, 0.4) is 0 Å². The Balaban J connectivity index is 1.66. The van der Waals surface area contributed by atoms with E-state index >= 15 is 0 Å². The first-order chi connectivity index (χ1) is 12.2. The number of aromatic nitrogens is 2. The lowest BCUT2D eigenvalue weighted by Crippen LogP contribution is -2.24. The summed E-state index contributed by atoms with van der Waals surface area (Å²) in [5.41, 5.74) is 3.61. The van der Waals surface area contributed by atoms with Crippen LogP contribution in [0, 0.1) is 6.92 Å². The summed E-state index contributed by atoms with van der Waals surface area (Å²) in [6.45, 7) is 5.17. The monoisotopic (exact) mass is 339 g/mol. The third-order valence-electron chi connectivity index (χ3n) is 4.22. The highest BCUT2D eigenvalue weighted by atomic mass is 16.5. The molecule has 1 unspecified atom stereocenters. The van der Waals surface area contributed by atoms with Gasteiger partial charge in [-0.05, 0) is 50.9 Å². The van der Waals surface area contributed by atoms with Crippen molar-refractivity contribution in [2.45, 2.75) is 32.9 Å². The van der Waals surface area contributed by atoms with E-state index in [-0.39, 0.29) is 0 Å². The van der Waals surface area contributed by atoms with Gasteiger partial charge in [0.25, 0.3) is 0 Å². The molecule has 3 aromatic rings. The normalized spacial score (nSPS) is 12.4. The Hall–Kier alpha value is -2.37. The number of aryl methyl sites for hydroxylation is 2. The summed E-state index contributed by atoms with van der Waals surface area (Å²) >= 11 is 0.